The van der Waals surface area contributed by atoms with Gasteiger partial charge in [0.25, 0.3) is 0 Å². The third-order valence-electron chi connectivity index (χ3n) is 4.83. The first-order valence-electron chi connectivity index (χ1n) is 9.62. The minimum atomic E-state index is -0.251. The number of ether oxygens (including phenoxy) is 2. The molecule has 0 aromatic heterocycles. The van der Waals surface area contributed by atoms with Crippen LogP contribution in [0.5, 0.6) is 0 Å². The number of carbonyl (C=O) groups excluding carboxylic acids is 3. The van der Waals surface area contributed by atoms with Gasteiger partial charge in [-0.25, -0.2) is 0 Å². The molecular formula is C19H32O7. The summed E-state index contributed by atoms with van der Waals surface area (Å²) in [6.07, 6.45) is 7.78. The van der Waals surface area contributed by atoms with Gasteiger partial charge in [-0.3, -0.25) is 14.4 Å². The Morgan fingerprint density at radius 1 is 0.923 bits per heavy atom. The lowest BCUT2D eigenvalue weighted by atomic mass is 10.0. The molecule has 2 heterocycles. The molecule has 3 fully saturated rings. The summed E-state index contributed by atoms with van der Waals surface area (Å²) in [7, 11) is 0. The molecule has 0 spiro atoms. The maximum Gasteiger partial charge on any atom is 0.311 e. The molecule has 2 aliphatic heterocycles. The Kier molecular flexibility index (Phi) is 11.1. The maximum absolute atomic E-state index is 10.8. The largest absolute Gasteiger partial charge is 0.465 e. The van der Waals surface area contributed by atoms with Crippen LogP contribution < -0.4 is 0 Å². The van der Waals surface area contributed by atoms with Crippen molar-refractivity contribution < 1.29 is 34.1 Å². The molecule has 0 aromatic rings. The predicted octanol–water partition coefficient (Wildman–Crippen LogP) is 1.77. The number of carbonyl (C=O) groups is 3. The molecule has 0 amide bonds. The molecule has 2 N–H and O–H groups in total. The van der Waals surface area contributed by atoms with Gasteiger partial charge < -0.3 is 19.7 Å². The zero-order valence-electron chi connectivity index (χ0n) is 15.7. The summed E-state index contributed by atoms with van der Waals surface area (Å²) in [5.41, 5.74) is 0. The van der Waals surface area contributed by atoms with Gasteiger partial charge in [0.1, 0.15) is 11.9 Å². The molecule has 0 bridgehead atoms. The quantitative estimate of drug-likeness (QED) is 0.727. The van der Waals surface area contributed by atoms with E-state index in [1.807, 2.05) is 0 Å². The summed E-state index contributed by atoms with van der Waals surface area (Å²) >= 11 is 0. The van der Waals surface area contributed by atoms with Crippen molar-refractivity contribution in [2.45, 2.75) is 70.8 Å². The third kappa shape index (κ3) is 8.27. The van der Waals surface area contributed by atoms with Crippen LogP contribution in [0.2, 0.25) is 0 Å². The maximum atomic E-state index is 10.8. The number of Topliss-reactive ketones (excluding diaryl/α,β-unsaturated/α-hetero) is 1. The number of ketones is 1. The zero-order valence-corrected chi connectivity index (χ0v) is 15.7. The second kappa shape index (κ2) is 12.8. The molecular weight excluding hydrogens is 340 g/mol. The fraction of sp³-hybridized carbons (Fsp3) is 0.842. The number of rotatable bonds is 3. The van der Waals surface area contributed by atoms with Crippen molar-refractivity contribution in [2.24, 2.45) is 11.8 Å². The number of aliphatic hydroxyl groups excluding tert-OH is 2. The standard InChI is InChI=1S/C7H12O.2C6H10O3/c1-2-6-4-3-5-7(6)8;7-4-5-2-1-3-9-6(5)8;7-4-5-2-1-3-6(8)9-5/h6H,2-5H2,1H3;2*5,7H,1-4H2/t6-;2*5-/m100/s1. The number of hydrogen-bond donors (Lipinski definition) is 2. The molecule has 3 aliphatic rings. The van der Waals surface area contributed by atoms with Gasteiger partial charge in [0.15, 0.2) is 0 Å². The Hall–Kier alpha value is -1.47. The lowest BCUT2D eigenvalue weighted by Gasteiger charge is -2.19. The summed E-state index contributed by atoms with van der Waals surface area (Å²) in [6.45, 7) is 2.51. The average Bonchev–Trinajstić information content (AvgIpc) is 3.08. The Morgan fingerprint density at radius 3 is 2.00 bits per heavy atom. The van der Waals surface area contributed by atoms with Crippen molar-refractivity contribution in [3.63, 3.8) is 0 Å². The van der Waals surface area contributed by atoms with E-state index in [1.54, 1.807) is 0 Å². The Balaban J connectivity index is 0.000000195. The van der Waals surface area contributed by atoms with Crippen molar-refractivity contribution in [1.82, 2.24) is 0 Å². The summed E-state index contributed by atoms with van der Waals surface area (Å²) in [6, 6.07) is 0. The van der Waals surface area contributed by atoms with E-state index in [1.165, 1.54) is 0 Å². The number of esters is 2. The Labute approximate surface area is 155 Å². The molecule has 1 aliphatic carbocycles. The van der Waals surface area contributed by atoms with Crippen LogP contribution in [0.3, 0.4) is 0 Å². The summed E-state index contributed by atoms with van der Waals surface area (Å²) in [5.74, 6) is 0.241. The topological polar surface area (TPSA) is 110 Å². The van der Waals surface area contributed by atoms with Crippen molar-refractivity contribution >= 4 is 17.7 Å². The van der Waals surface area contributed by atoms with Crippen LogP contribution in [0.4, 0.5) is 0 Å². The van der Waals surface area contributed by atoms with Crippen molar-refractivity contribution in [1.29, 1.82) is 0 Å². The monoisotopic (exact) mass is 372 g/mol. The van der Waals surface area contributed by atoms with E-state index in [2.05, 4.69) is 11.7 Å². The fourth-order valence-corrected chi connectivity index (χ4v) is 3.13. The van der Waals surface area contributed by atoms with Crippen LogP contribution in [0, 0.1) is 11.8 Å². The average molecular weight is 372 g/mol. The minimum Gasteiger partial charge on any atom is -0.465 e. The molecule has 0 aromatic carbocycles. The van der Waals surface area contributed by atoms with Gasteiger partial charge in [0.05, 0.1) is 25.7 Å². The van der Waals surface area contributed by atoms with Gasteiger partial charge in [-0.15, -0.1) is 0 Å². The van der Waals surface area contributed by atoms with Crippen LogP contribution in [-0.2, 0) is 23.9 Å². The van der Waals surface area contributed by atoms with E-state index in [0.29, 0.717) is 24.7 Å². The van der Waals surface area contributed by atoms with Gasteiger partial charge in [-0.2, -0.15) is 0 Å². The number of aliphatic hydroxyl groups is 2. The van der Waals surface area contributed by atoms with Crippen LogP contribution in [0.15, 0.2) is 0 Å². The lowest BCUT2D eigenvalue weighted by molar-refractivity contribution is -0.156. The van der Waals surface area contributed by atoms with E-state index >= 15 is 0 Å². The lowest BCUT2D eigenvalue weighted by Crippen LogP contribution is -2.26. The fourth-order valence-electron chi connectivity index (χ4n) is 3.13. The first-order chi connectivity index (χ1) is 12.5. The molecule has 0 unspecified atom stereocenters. The van der Waals surface area contributed by atoms with Gasteiger partial charge in [-0.05, 0) is 44.9 Å². The van der Waals surface area contributed by atoms with Crippen molar-refractivity contribution in [3.05, 3.63) is 0 Å². The van der Waals surface area contributed by atoms with Gasteiger partial charge in [-0.1, -0.05) is 6.92 Å². The molecule has 7 nitrogen and oxygen atoms in total. The molecule has 2 saturated heterocycles. The summed E-state index contributed by atoms with van der Waals surface area (Å²) < 4.78 is 9.43. The highest BCUT2D eigenvalue weighted by Gasteiger charge is 2.22. The third-order valence-corrected chi connectivity index (χ3v) is 4.83. The van der Waals surface area contributed by atoms with Crippen molar-refractivity contribution in [3.8, 4) is 0 Å². The van der Waals surface area contributed by atoms with Crippen LogP contribution in [0.25, 0.3) is 0 Å². The predicted molar refractivity (Wildman–Crippen MR) is 94.2 cm³/mol. The molecule has 7 heteroatoms. The zero-order chi connectivity index (χ0) is 19.4. The van der Waals surface area contributed by atoms with Crippen LogP contribution in [-0.4, -0.2) is 53.9 Å². The van der Waals surface area contributed by atoms with E-state index < -0.39 is 0 Å². The van der Waals surface area contributed by atoms with E-state index in [-0.39, 0.29) is 37.2 Å². The second-order valence-electron chi connectivity index (χ2n) is 6.84. The van der Waals surface area contributed by atoms with Gasteiger partial charge in [0, 0.05) is 18.8 Å². The molecule has 26 heavy (non-hydrogen) atoms. The highest BCUT2D eigenvalue weighted by molar-refractivity contribution is 5.82. The number of hydrogen-bond acceptors (Lipinski definition) is 7. The Morgan fingerprint density at radius 2 is 1.62 bits per heavy atom. The van der Waals surface area contributed by atoms with Gasteiger partial charge >= 0.3 is 11.9 Å². The summed E-state index contributed by atoms with van der Waals surface area (Å²) in [4.78, 5) is 31.9. The Bertz CT molecular complexity index is 449. The van der Waals surface area contributed by atoms with Gasteiger partial charge in [0.2, 0.25) is 0 Å². The van der Waals surface area contributed by atoms with Crippen LogP contribution in [0.1, 0.15) is 64.7 Å². The molecule has 0 radical (unpaired) electrons. The number of cyclic esters (lactones) is 2. The molecule has 1 saturated carbocycles. The SMILES string of the molecule is CC[C@@H]1CCCC1=O.O=C1CCC[C@@H](CO)O1.O=C1OCCC[C@H]1CO. The van der Waals surface area contributed by atoms with E-state index in [9.17, 15) is 14.4 Å². The minimum absolute atomic E-state index is 0.0360. The van der Waals surface area contributed by atoms with E-state index in [0.717, 1.165) is 51.4 Å². The summed E-state index contributed by atoms with van der Waals surface area (Å²) in [5, 5.41) is 17.1. The van der Waals surface area contributed by atoms with E-state index in [4.69, 9.17) is 14.9 Å². The first-order valence-corrected chi connectivity index (χ1v) is 9.62. The van der Waals surface area contributed by atoms with Crippen molar-refractivity contribution in [2.75, 3.05) is 19.8 Å². The molecule has 3 rings (SSSR count). The first kappa shape index (κ1) is 22.6. The second-order valence-corrected chi connectivity index (χ2v) is 6.84. The molecule has 150 valence electrons. The highest BCUT2D eigenvalue weighted by atomic mass is 16.6. The molecule has 3 atom stereocenters. The smallest absolute Gasteiger partial charge is 0.311 e. The van der Waals surface area contributed by atoms with Crippen LogP contribution >= 0.6 is 0 Å². The highest BCUT2D eigenvalue weighted by Crippen LogP contribution is 2.23. The normalized spacial score (nSPS) is 28.1.